The highest BCUT2D eigenvalue weighted by Gasteiger charge is 1.96. The lowest BCUT2D eigenvalue weighted by molar-refractivity contribution is -0.137. The molecule has 0 bridgehead atoms. The first-order valence-electron chi connectivity index (χ1n) is 7.62. The zero-order valence-electron chi connectivity index (χ0n) is 12.9. The molecule has 0 amide bonds. The Bertz CT molecular complexity index is 259. The lowest BCUT2D eigenvalue weighted by atomic mass is 10.1. The van der Waals surface area contributed by atoms with Crippen molar-refractivity contribution in [3.8, 4) is 0 Å². The predicted molar refractivity (Wildman–Crippen MR) is 81.9 cm³/mol. The minimum absolute atomic E-state index is 0.343. The summed E-state index contributed by atoms with van der Waals surface area (Å²) in [7, 11) is 0. The summed E-state index contributed by atoms with van der Waals surface area (Å²) < 4.78 is 0. The number of hydrogen-bond donors (Lipinski definition) is 2. The summed E-state index contributed by atoms with van der Waals surface area (Å²) in [5.74, 6) is -1.55. The van der Waals surface area contributed by atoms with E-state index in [1.165, 1.54) is 51.0 Å². The van der Waals surface area contributed by atoms with Crippen molar-refractivity contribution in [2.75, 3.05) is 0 Å². The second-order valence-corrected chi connectivity index (χ2v) is 4.81. The van der Waals surface area contributed by atoms with Gasteiger partial charge in [0.05, 0.1) is 0 Å². The molecule has 4 heteroatoms. The minimum atomic E-state index is -0.891. The fourth-order valence-electron chi connectivity index (χ4n) is 1.73. The molecular weight excluding hydrogens is 256 g/mol. The maximum absolute atomic E-state index is 10.2. The molecule has 0 saturated heterocycles. The molecule has 0 aromatic heterocycles. The third-order valence-corrected chi connectivity index (χ3v) is 2.80. The van der Waals surface area contributed by atoms with Crippen molar-refractivity contribution in [1.29, 1.82) is 0 Å². The largest absolute Gasteiger partial charge is 0.481 e. The first-order valence-corrected chi connectivity index (χ1v) is 7.62. The van der Waals surface area contributed by atoms with Crippen molar-refractivity contribution in [1.82, 2.24) is 0 Å². The summed E-state index contributed by atoms with van der Waals surface area (Å²) in [4.78, 5) is 19.7. The monoisotopic (exact) mass is 286 g/mol. The summed E-state index contributed by atoms with van der Waals surface area (Å²) in [6, 6.07) is 0. The van der Waals surface area contributed by atoms with Crippen LogP contribution in [-0.2, 0) is 9.59 Å². The zero-order valence-corrected chi connectivity index (χ0v) is 12.9. The van der Waals surface area contributed by atoms with E-state index in [9.17, 15) is 9.59 Å². The number of hydrogen-bond acceptors (Lipinski definition) is 2. The molecule has 2 N–H and O–H groups in total. The van der Waals surface area contributed by atoms with Crippen molar-refractivity contribution in [2.24, 2.45) is 0 Å². The van der Waals surface area contributed by atoms with Crippen LogP contribution in [0, 0.1) is 0 Å². The second kappa shape index (κ2) is 17.7. The molecule has 0 saturated carbocycles. The van der Waals surface area contributed by atoms with Crippen molar-refractivity contribution in [3.05, 3.63) is 12.2 Å². The normalized spacial score (nSPS) is 10.1. The molecule has 0 rings (SSSR count). The Hall–Kier alpha value is -1.32. The van der Waals surface area contributed by atoms with Crippen molar-refractivity contribution < 1.29 is 19.8 Å². The van der Waals surface area contributed by atoms with E-state index >= 15 is 0 Å². The maximum Gasteiger partial charge on any atom is 0.327 e. The van der Waals surface area contributed by atoms with E-state index in [4.69, 9.17) is 10.2 Å². The van der Waals surface area contributed by atoms with Gasteiger partial charge in [0.2, 0.25) is 0 Å². The van der Waals surface area contributed by atoms with Crippen LogP contribution in [0.1, 0.15) is 78.1 Å². The first-order chi connectivity index (χ1) is 9.54. The van der Waals surface area contributed by atoms with Gasteiger partial charge in [0, 0.05) is 12.5 Å². The Morgan fingerprint density at radius 1 is 0.850 bits per heavy atom. The van der Waals surface area contributed by atoms with Crippen LogP contribution in [0.3, 0.4) is 0 Å². The molecule has 0 fully saturated rings. The SMILES string of the molecule is CC=CC(=O)O.CCCCCCCCCCCC(=O)O. The molecule has 4 nitrogen and oxygen atoms in total. The first kappa shape index (κ1) is 21.0. The number of unbranched alkanes of at least 4 members (excludes halogenated alkanes) is 8. The van der Waals surface area contributed by atoms with Gasteiger partial charge in [0.25, 0.3) is 0 Å². The summed E-state index contributed by atoms with van der Waals surface area (Å²) in [6.45, 7) is 3.89. The third kappa shape index (κ3) is 25.5. The van der Waals surface area contributed by atoms with Crippen LogP contribution in [0.25, 0.3) is 0 Å². The molecule has 0 radical (unpaired) electrons. The lowest BCUT2D eigenvalue weighted by Gasteiger charge is -2.00. The average molecular weight is 286 g/mol. The van der Waals surface area contributed by atoms with Gasteiger partial charge in [0.1, 0.15) is 0 Å². The zero-order chi connectivity index (χ0) is 15.6. The molecular formula is C16H30O4. The third-order valence-electron chi connectivity index (χ3n) is 2.80. The molecule has 0 aromatic rings. The molecule has 0 aromatic carbocycles. The van der Waals surface area contributed by atoms with E-state index in [-0.39, 0.29) is 0 Å². The summed E-state index contributed by atoms with van der Waals surface area (Å²) in [5.41, 5.74) is 0. The van der Waals surface area contributed by atoms with E-state index in [0.29, 0.717) is 6.42 Å². The maximum atomic E-state index is 10.2. The van der Waals surface area contributed by atoms with Gasteiger partial charge in [-0.25, -0.2) is 4.79 Å². The van der Waals surface area contributed by atoms with Crippen LogP contribution in [0.2, 0.25) is 0 Å². The smallest absolute Gasteiger partial charge is 0.327 e. The Morgan fingerprint density at radius 3 is 1.60 bits per heavy atom. The molecule has 0 heterocycles. The predicted octanol–water partition coefficient (Wildman–Crippen LogP) is 4.64. The van der Waals surface area contributed by atoms with Crippen LogP contribution in [0.5, 0.6) is 0 Å². The van der Waals surface area contributed by atoms with Crippen molar-refractivity contribution in [2.45, 2.75) is 78.1 Å². The number of allylic oxidation sites excluding steroid dienone is 1. The lowest BCUT2D eigenvalue weighted by Crippen LogP contribution is -1.93. The standard InChI is InChI=1S/C12H24O2.C4H6O2/c1-2-3-4-5-6-7-8-9-10-11-12(13)14;1-2-3-4(5)6/h2-11H2,1H3,(H,13,14);2-3H,1H3,(H,5,6). The van der Waals surface area contributed by atoms with Crippen LogP contribution in [-0.4, -0.2) is 22.2 Å². The van der Waals surface area contributed by atoms with Gasteiger partial charge in [-0.15, -0.1) is 0 Å². The quantitative estimate of drug-likeness (QED) is 0.428. The Labute approximate surface area is 122 Å². The molecule has 118 valence electrons. The van der Waals surface area contributed by atoms with Crippen LogP contribution in [0.4, 0.5) is 0 Å². The van der Waals surface area contributed by atoms with Gasteiger partial charge >= 0.3 is 11.9 Å². The van der Waals surface area contributed by atoms with Gasteiger partial charge in [0.15, 0.2) is 0 Å². The number of rotatable bonds is 11. The Kier molecular flexibility index (Phi) is 18.6. The number of carboxylic acids is 2. The molecule has 20 heavy (non-hydrogen) atoms. The molecule has 0 aliphatic heterocycles. The van der Waals surface area contributed by atoms with Gasteiger partial charge in [-0.1, -0.05) is 64.4 Å². The molecule has 0 aliphatic carbocycles. The summed E-state index contributed by atoms with van der Waals surface area (Å²) >= 11 is 0. The number of carboxylic acid groups (broad SMARTS) is 2. The van der Waals surface area contributed by atoms with Gasteiger partial charge in [-0.2, -0.15) is 0 Å². The van der Waals surface area contributed by atoms with Crippen molar-refractivity contribution >= 4 is 11.9 Å². The Morgan fingerprint density at radius 2 is 1.30 bits per heavy atom. The molecule has 0 spiro atoms. The molecule has 0 unspecified atom stereocenters. The topological polar surface area (TPSA) is 74.6 Å². The van der Waals surface area contributed by atoms with E-state index in [2.05, 4.69) is 6.92 Å². The van der Waals surface area contributed by atoms with E-state index in [1.54, 1.807) is 6.92 Å². The average Bonchev–Trinajstić information content (AvgIpc) is 2.37. The number of aliphatic carboxylic acids is 2. The minimum Gasteiger partial charge on any atom is -0.481 e. The van der Waals surface area contributed by atoms with E-state index in [1.807, 2.05) is 0 Å². The highest BCUT2D eigenvalue weighted by molar-refractivity contribution is 5.79. The van der Waals surface area contributed by atoms with E-state index < -0.39 is 11.9 Å². The number of carbonyl (C=O) groups is 2. The fraction of sp³-hybridized carbons (Fsp3) is 0.750. The van der Waals surface area contributed by atoms with E-state index in [0.717, 1.165) is 18.9 Å². The van der Waals surface area contributed by atoms with Crippen LogP contribution in [0.15, 0.2) is 12.2 Å². The van der Waals surface area contributed by atoms with Crippen LogP contribution < -0.4 is 0 Å². The Balaban J connectivity index is 0. The van der Waals surface area contributed by atoms with Crippen molar-refractivity contribution in [3.63, 3.8) is 0 Å². The van der Waals surface area contributed by atoms with Gasteiger partial charge in [-0.05, 0) is 13.3 Å². The summed E-state index contributed by atoms with van der Waals surface area (Å²) in [5, 5.41) is 16.2. The second-order valence-electron chi connectivity index (χ2n) is 4.81. The van der Waals surface area contributed by atoms with Gasteiger partial charge in [-0.3, -0.25) is 4.79 Å². The molecule has 0 atom stereocenters. The highest BCUT2D eigenvalue weighted by Crippen LogP contribution is 2.10. The fourth-order valence-corrected chi connectivity index (χ4v) is 1.73. The van der Waals surface area contributed by atoms with Crippen LogP contribution >= 0.6 is 0 Å². The van der Waals surface area contributed by atoms with Gasteiger partial charge < -0.3 is 10.2 Å². The summed E-state index contributed by atoms with van der Waals surface area (Å²) in [6.07, 6.45) is 14.0. The molecule has 0 aliphatic rings. The highest BCUT2D eigenvalue weighted by atomic mass is 16.4.